The maximum Gasteiger partial charge on any atom is 0.140 e. The molecule has 14 heavy (non-hydrogen) atoms. The minimum atomic E-state index is -0.100. The third-order valence-corrected chi connectivity index (χ3v) is 2.66. The summed E-state index contributed by atoms with van der Waals surface area (Å²) in [5.74, 6) is 0.967. The van der Waals surface area contributed by atoms with Gasteiger partial charge in [-0.3, -0.25) is 0 Å². The molecule has 1 aromatic heterocycles. The van der Waals surface area contributed by atoms with Crippen molar-refractivity contribution < 1.29 is 5.11 Å². The van der Waals surface area contributed by atoms with Crippen LogP contribution in [0.15, 0.2) is 6.33 Å². The molecule has 0 unspecified atom stereocenters. The molecule has 0 amide bonds. The van der Waals surface area contributed by atoms with Gasteiger partial charge in [-0.2, -0.15) is 5.10 Å². The van der Waals surface area contributed by atoms with Gasteiger partial charge in [-0.1, -0.05) is 0 Å². The van der Waals surface area contributed by atoms with Gasteiger partial charge >= 0.3 is 0 Å². The molecule has 2 rings (SSSR count). The van der Waals surface area contributed by atoms with E-state index in [1.165, 1.54) is 0 Å². The van der Waals surface area contributed by atoms with E-state index >= 15 is 0 Å². The molecule has 0 bridgehead atoms. The highest BCUT2D eigenvalue weighted by Crippen LogP contribution is 2.19. The number of aliphatic hydroxyl groups excluding tert-OH is 1. The van der Waals surface area contributed by atoms with Crippen LogP contribution in [-0.4, -0.2) is 32.0 Å². The molecule has 5 heteroatoms. The Kier molecular flexibility index (Phi) is 2.79. The van der Waals surface area contributed by atoms with Crippen LogP contribution in [0.5, 0.6) is 0 Å². The molecule has 1 fully saturated rings. The fourth-order valence-electron chi connectivity index (χ4n) is 1.68. The SMILES string of the molecule is CCn1ncnc1CNC1CC(O)C1. The van der Waals surface area contributed by atoms with Gasteiger partial charge in [0.25, 0.3) is 0 Å². The Morgan fingerprint density at radius 1 is 1.64 bits per heavy atom. The van der Waals surface area contributed by atoms with Crippen molar-refractivity contribution in [1.29, 1.82) is 0 Å². The van der Waals surface area contributed by atoms with Crippen molar-refractivity contribution >= 4 is 0 Å². The van der Waals surface area contributed by atoms with E-state index < -0.39 is 0 Å². The number of aryl methyl sites for hydroxylation is 1. The van der Waals surface area contributed by atoms with Gasteiger partial charge in [0.2, 0.25) is 0 Å². The quantitative estimate of drug-likeness (QED) is 0.706. The zero-order valence-corrected chi connectivity index (χ0v) is 8.35. The molecule has 0 spiro atoms. The van der Waals surface area contributed by atoms with E-state index in [4.69, 9.17) is 5.11 Å². The normalized spacial score (nSPS) is 26.1. The molecule has 2 N–H and O–H groups in total. The summed E-state index contributed by atoms with van der Waals surface area (Å²) in [5.41, 5.74) is 0. The molecule has 5 nitrogen and oxygen atoms in total. The number of aliphatic hydroxyl groups is 1. The molecule has 0 saturated heterocycles. The highest BCUT2D eigenvalue weighted by atomic mass is 16.3. The van der Waals surface area contributed by atoms with Crippen molar-refractivity contribution in [1.82, 2.24) is 20.1 Å². The second-order valence-electron chi connectivity index (χ2n) is 3.70. The van der Waals surface area contributed by atoms with Crippen LogP contribution in [0.4, 0.5) is 0 Å². The molecule has 1 heterocycles. The summed E-state index contributed by atoms with van der Waals surface area (Å²) in [5, 5.41) is 16.5. The van der Waals surface area contributed by atoms with Crippen LogP contribution in [-0.2, 0) is 13.1 Å². The number of nitrogens with one attached hydrogen (secondary N) is 1. The van der Waals surface area contributed by atoms with Crippen LogP contribution < -0.4 is 5.32 Å². The minimum absolute atomic E-state index is 0.100. The number of rotatable bonds is 4. The topological polar surface area (TPSA) is 63.0 Å². The number of hydrogen-bond acceptors (Lipinski definition) is 4. The van der Waals surface area contributed by atoms with Gasteiger partial charge in [0.15, 0.2) is 0 Å². The summed E-state index contributed by atoms with van der Waals surface area (Å²) >= 11 is 0. The van der Waals surface area contributed by atoms with E-state index in [1.54, 1.807) is 6.33 Å². The molecular weight excluding hydrogens is 180 g/mol. The Morgan fingerprint density at radius 3 is 3.07 bits per heavy atom. The van der Waals surface area contributed by atoms with Crippen molar-refractivity contribution in [3.63, 3.8) is 0 Å². The molecule has 0 radical (unpaired) electrons. The van der Waals surface area contributed by atoms with Gasteiger partial charge in [-0.15, -0.1) is 0 Å². The molecule has 1 aliphatic carbocycles. The first kappa shape index (κ1) is 9.61. The second-order valence-corrected chi connectivity index (χ2v) is 3.70. The first-order valence-electron chi connectivity index (χ1n) is 5.07. The van der Waals surface area contributed by atoms with E-state index in [-0.39, 0.29) is 6.10 Å². The second kappa shape index (κ2) is 4.06. The minimum Gasteiger partial charge on any atom is -0.393 e. The fraction of sp³-hybridized carbons (Fsp3) is 0.778. The Labute approximate surface area is 83.2 Å². The van der Waals surface area contributed by atoms with Gasteiger partial charge in [-0.05, 0) is 19.8 Å². The summed E-state index contributed by atoms with van der Waals surface area (Å²) in [4.78, 5) is 4.16. The van der Waals surface area contributed by atoms with Crippen LogP contribution in [0.2, 0.25) is 0 Å². The van der Waals surface area contributed by atoms with Crippen molar-refractivity contribution in [3.8, 4) is 0 Å². The predicted molar refractivity (Wildman–Crippen MR) is 51.6 cm³/mol. The van der Waals surface area contributed by atoms with E-state index in [0.29, 0.717) is 6.04 Å². The summed E-state index contributed by atoms with van der Waals surface area (Å²) in [6.07, 6.45) is 3.20. The van der Waals surface area contributed by atoms with Crippen LogP contribution in [0.3, 0.4) is 0 Å². The summed E-state index contributed by atoms with van der Waals surface area (Å²) in [7, 11) is 0. The predicted octanol–water partition coefficient (Wildman–Crippen LogP) is -0.0891. The lowest BCUT2D eigenvalue weighted by molar-refractivity contribution is 0.0615. The third-order valence-electron chi connectivity index (χ3n) is 2.66. The standard InChI is InChI=1S/C9H16N4O/c1-2-13-9(11-6-12-13)5-10-7-3-8(14)4-7/h6-8,10,14H,2-5H2,1H3. The van der Waals surface area contributed by atoms with Crippen molar-refractivity contribution in [2.75, 3.05) is 0 Å². The van der Waals surface area contributed by atoms with Crippen LogP contribution >= 0.6 is 0 Å². The van der Waals surface area contributed by atoms with Crippen LogP contribution in [0.1, 0.15) is 25.6 Å². The monoisotopic (exact) mass is 196 g/mol. The molecule has 0 aliphatic heterocycles. The average molecular weight is 196 g/mol. The molecule has 78 valence electrons. The third kappa shape index (κ3) is 1.93. The lowest BCUT2D eigenvalue weighted by Crippen LogP contribution is -2.44. The molecule has 1 saturated carbocycles. The Bertz CT molecular complexity index is 293. The van der Waals surface area contributed by atoms with E-state index in [1.807, 2.05) is 11.6 Å². The van der Waals surface area contributed by atoms with Gasteiger partial charge < -0.3 is 10.4 Å². The van der Waals surface area contributed by atoms with Crippen molar-refractivity contribution in [3.05, 3.63) is 12.2 Å². The average Bonchev–Trinajstić information content (AvgIpc) is 2.57. The maximum absolute atomic E-state index is 9.10. The summed E-state index contributed by atoms with van der Waals surface area (Å²) in [6.45, 7) is 3.64. The zero-order chi connectivity index (χ0) is 9.97. The molecule has 1 aliphatic rings. The molecule has 1 aromatic rings. The van der Waals surface area contributed by atoms with Crippen LogP contribution in [0.25, 0.3) is 0 Å². The van der Waals surface area contributed by atoms with Crippen LogP contribution in [0, 0.1) is 0 Å². The van der Waals surface area contributed by atoms with Gasteiger partial charge in [-0.25, -0.2) is 9.67 Å². The number of nitrogens with zero attached hydrogens (tertiary/aromatic N) is 3. The van der Waals surface area contributed by atoms with Gasteiger partial charge in [0.05, 0.1) is 12.6 Å². The van der Waals surface area contributed by atoms with Gasteiger partial charge in [0, 0.05) is 12.6 Å². The fourth-order valence-corrected chi connectivity index (χ4v) is 1.68. The first-order chi connectivity index (χ1) is 6.79. The van der Waals surface area contributed by atoms with E-state index in [0.717, 1.165) is 31.8 Å². The van der Waals surface area contributed by atoms with Crippen molar-refractivity contribution in [2.24, 2.45) is 0 Å². The summed E-state index contributed by atoms with van der Waals surface area (Å²) in [6, 6.07) is 0.451. The largest absolute Gasteiger partial charge is 0.393 e. The number of hydrogen-bond donors (Lipinski definition) is 2. The highest BCUT2D eigenvalue weighted by Gasteiger charge is 2.26. The Hall–Kier alpha value is -0.940. The lowest BCUT2D eigenvalue weighted by Gasteiger charge is -2.31. The Morgan fingerprint density at radius 2 is 2.43 bits per heavy atom. The summed E-state index contributed by atoms with van der Waals surface area (Å²) < 4.78 is 1.88. The first-order valence-corrected chi connectivity index (χ1v) is 5.07. The molecule has 0 atom stereocenters. The van der Waals surface area contributed by atoms with Crippen molar-refractivity contribution in [2.45, 2.75) is 45.0 Å². The molecule has 0 aromatic carbocycles. The zero-order valence-electron chi connectivity index (χ0n) is 8.35. The molecular formula is C9H16N4O. The Balaban J connectivity index is 1.80. The van der Waals surface area contributed by atoms with E-state index in [9.17, 15) is 0 Å². The number of aromatic nitrogens is 3. The van der Waals surface area contributed by atoms with Gasteiger partial charge in [0.1, 0.15) is 12.2 Å². The highest BCUT2D eigenvalue weighted by molar-refractivity contribution is 4.89. The van der Waals surface area contributed by atoms with E-state index in [2.05, 4.69) is 15.4 Å². The smallest absolute Gasteiger partial charge is 0.140 e. The maximum atomic E-state index is 9.10. The lowest BCUT2D eigenvalue weighted by atomic mass is 9.89.